The molecule has 94 valence electrons. The Bertz CT molecular complexity index is 424. The van der Waals surface area contributed by atoms with E-state index in [0.717, 1.165) is 0 Å². The third-order valence-electron chi connectivity index (χ3n) is 2.27. The molecule has 1 rings (SSSR count). The Morgan fingerprint density at radius 2 is 2.24 bits per heavy atom. The summed E-state index contributed by atoms with van der Waals surface area (Å²) < 4.78 is 26.5. The van der Waals surface area contributed by atoms with Crippen LogP contribution < -0.4 is 0 Å². The van der Waals surface area contributed by atoms with Gasteiger partial charge in [0.2, 0.25) is 5.91 Å². The van der Waals surface area contributed by atoms with Crippen LogP contribution in [0.5, 0.6) is 0 Å². The summed E-state index contributed by atoms with van der Waals surface area (Å²) in [6, 6.07) is 0. The number of halogens is 2. The van der Waals surface area contributed by atoms with Crippen LogP contribution in [0.2, 0.25) is 0 Å². The minimum absolute atomic E-state index is 0.201. The smallest absolute Gasteiger partial charge is 0.295 e. The molecule has 1 aromatic heterocycles. The van der Waals surface area contributed by atoms with Gasteiger partial charge in [-0.15, -0.1) is 0 Å². The van der Waals surface area contributed by atoms with Crippen molar-refractivity contribution in [2.45, 2.75) is 19.9 Å². The number of carbonyl (C=O) groups is 1. The number of imidazole rings is 1. The van der Waals surface area contributed by atoms with E-state index in [1.807, 2.05) is 0 Å². The van der Waals surface area contributed by atoms with Crippen molar-refractivity contribution in [2.24, 2.45) is 0 Å². The lowest BCUT2D eigenvalue weighted by Gasteiger charge is -2.07. The van der Waals surface area contributed by atoms with E-state index >= 15 is 0 Å². The molecule has 0 N–H and O–H groups in total. The van der Waals surface area contributed by atoms with Crippen molar-refractivity contribution in [3.05, 3.63) is 23.8 Å². The molecule has 0 radical (unpaired) electrons. The van der Waals surface area contributed by atoms with Crippen LogP contribution in [0.15, 0.2) is 12.3 Å². The average Bonchev–Trinajstić information content (AvgIpc) is 2.68. The van der Waals surface area contributed by atoms with Crippen LogP contribution in [0.3, 0.4) is 0 Å². The topological polar surface area (TPSA) is 38.1 Å². The molecule has 0 atom stereocenters. The molecule has 0 fully saturated rings. The zero-order valence-electron chi connectivity index (χ0n) is 10.0. The lowest BCUT2D eigenvalue weighted by Crippen LogP contribution is -2.18. The van der Waals surface area contributed by atoms with Crippen LogP contribution in [0.1, 0.15) is 24.9 Å². The number of rotatable bonds is 4. The summed E-state index contributed by atoms with van der Waals surface area (Å²) in [5, 5.41) is 0. The first-order valence-electron chi connectivity index (χ1n) is 5.20. The molecule has 0 unspecified atom stereocenters. The summed E-state index contributed by atoms with van der Waals surface area (Å²) in [7, 11) is 3.24. The molecular weight excluding hydrogens is 228 g/mol. The first-order chi connectivity index (χ1) is 7.97. The van der Waals surface area contributed by atoms with Gasteiger partial charge in [-0.1, -0.05) is 0 Å². The largest absolute Gasteiger partial charge is 0.345 e. The Hall–Kier alpha value is -1.72. The summed E-state index contributed by atoms with van der Waals surface area (Å²) >= 11 is 0. The molecule has 1 aromatic rings. The van der Waals surface area contributed by atoms with Gasteiger partial charge in [0.1, 0.15) is 0 Å². The van der Waals surface area contributed by atoms with Crippen LogP contribution in [0, 0.1) is 0 Å². The number of alkyl halides is 2. The van der Waals surface area contributed by atoms with Crippen molar-refractivity contribution in [2.75, 3.05) is 14.1 Å². The van der Waals surface area contributed by atoms with Crippen LogP contribution in [0.25, 0.3) is 6.08 Å². The quantitative estimate of drug-likeness (QED) is 0.758. The molecule has 0 bridgehead atoms. The summed E-state index contributed by atoms with van der Waals surface area (Å²) in [6.45, 7) is 2.13. The van der Waals surface area contributed by atoms with E-state index in [-0.39, 0.29) is 11.7 Å². The van der Waals surface area contributed by atoms with Gasteiger partial charge in [-0.05, 0) is 13.0 Å². The molecule has 0 aromatic carbocycles. The van der Waals surface area contributed by atoms with Crippen LogP contribution in [0.4, 0.5) is 8.78 Å². The fourth-order valence-electron chi connectivity index (χ4n) is 1.36. The Morgan fingerprint density at radius 1 is 1.59 bits per heavy atom. The Kier molecular flexibility index (Phi) is 4.37. The second-order valence-corrected chi connectivity index (χ2v) is 3.65. The normalized spacial score (nSPS) is 11.4. The lowest BCUT2D eigenvalue weighted by atomic mass is 10.3. The van der Waals surface area contributed by atoms with Gasteiger partial charge in [-0.3, -0.25) is 4.79 Å². The van der Waals surface area contributed by atoms with E-state index in [2.05, 4.69) is 4.98 Å². The molecule has 1 amide bonds. The van der Waals surface area contributed by atoms with Crippen LogP contribution in [-0.4, -0.2) is 34.5 Å². The van der Waals surface area contributed by atoms with E-state index in [4.69, 9.17) is 0 Å². The SMILES string of the molecule is CCn1c(C=CC(=O)N(C)C)cnc1C(F)F. The van der Waals surface area contributed by atoms with E-state index in [1.54, 1.807) is 21.0 Å². The third-order valence-corrected chi connectivity index (χ3v) is 2.27. The predicted octanol–water partition coefficient (Wildman–Crippen LogP) is 1.94. The zero-order valence-corrected chi connectivity index (χ0v) is 10.0. The van der Waals surface area contributed by atoms with Gasteiger partial charge in [0, 0.05) is 26.7 Å². The maximum Gasteiger partial charge on any atom is 0.295 e. The monoisotopic (exact) mass is 243 g/mol. The lowest BCUT2D eigenvalue weighted by molar-refractivity contribution is -0.123. The fraction of sp³-hybridized carbons (Fsp3) is 0.455. The van der Waals surface area contributed by atoms with Gasteiger partial charge in [0.15, 0.2) is 5.82 Å². The van der Waals surface area contributed by atoms with Gasteiger partial charge in [-0.25, -0.2) is 13.8 Å². The van der Waals surface area contributed by atoms with E-state index in [0.29, 0.717) is 12.2 Å². The second kappa shape index (κ2) is 5.56. The molecule has 0 aliphatic rings. The predicted molar refractivity (Wildman–Crippen MR) is 60.6 cm³/mol. The van der Waals surface area contributed by atoms with Gasteiger partial charge < -0.3 is 9.47 Å². The standard InChI is InChI=1S/C11H15F2N3O/c1-4-16-8(5-6-9(17)15(2)3)7-14-11(16)10(12)13/h5-7,10H,4H2,1-3H3. The fourth-order valence-corrected chi connectivity index (χ4v) is 1.36. The highest BCUT2D eigenvalue weighted by Crippen LogP contribution is 2.19. The first-order valence-corrected chi connectivity index (χ1v) is 5.20. The van der Waals surface area contributed by atoms with Gasteiger partial charge in [-0.2, -0.15) is 0 Å². The molecule has 0 saturated heterocycles. The summed E-state index contributed by atoms with van der Waals surface area (Å²) in [5.74, 6) is -0.475. The third kappa shape index (κ3) is 3.12. The first kappa shape index (κ1) is 13.3. The number of hydrogen-bond acceptors (Lipinski definition) is 2. The van der Waals surface area contributed by atoms with Gasteiger partial charge in [0.05, 0.1) is 11.9 Å². The molecule has 0 spiro atoms. The number of amides is 1. The van der Waals surface area contributed by atoms with Crippen molar-refractivity contribution in [1.82, 2.24) is 14.5 Å². The van der Waals surface area contributed by atoms with Crippen molar-refractivity contribution in [3.63, 3.8) is 0 Å². The highest BCUT2D eigenvalue weighted by atomic mass is 19.3. The molecule has 0 saturated carbocycles. The molecule has 0 aliphatic heterocycles. The number of likely N-dealkylation sites (N-methyl/N-ethyl adjacent to an activating group) is 1. The molecule has 6 heteroatoms. The summed E-state index contributed by atoms with van der Waals surface area (Å²) in [6.07, 6.45) is 1.55. The van der Waals surface area contributed by atoms with Crippen molar-refractivity contribution >= 4 is 12.0 Å². The van der Waals surface area contributed by atoms with Crippen molar-refractivity contribution < 1.29 is 13.6 Å². The maximum atomic E-state index is 12.6. The van der Waals surface area contributed by atoms with E-state index in [9.17, 15) is 13.6 Å². The molecular formula is C11H15F2N3O. The van der Waals surface area contributed by atoms with Crippen LogP contribution >= 0.6 is 0 Å². The van der Waals surface area contributed by atoms with Crippen molar-refractivity contribution in [1.29, 1.82) is 0 Å². The number of aromatic nitrogens is 2. The molecule has 1 heterocycles. The Morgan fingerprint density at radius 3 is 2.71 bits per heavy atom. The number of nitrogens with zero attached hydrogens (tertiary/aromatic N) is 3. The highest BCUT2D eigenvalue weighted by Gasteiger charge is 2.16. The highest BCUT2D eigenvalue weighted by molar-refractivity contribution is 5.91. The minimum Gasteiger partial charge on any atom is -0.345 e. The average molecular weight is 243 g/mol. The number of carbonyl (C=O) groups excluding carboxylic acids is 1. The number of hydrogen-bond donors (Lipinski definition) is 0. The van der Waals surface area contributed by atoms with Crippen LogP contribution in [-0.2, 0) is 11.3 Å². The van der Waals surface area contributed by atoms with Crippen molar-refractivity contribution in [3.8, 4) is 0 Å². The zero-order chi connectivity index (χ0) is 13.0. The summed E-state index contributed by atoms with van der Waals surface area (Å²) in [4.78, 5) is 16.4. The molecule has 4 nitrogen and oxygen atoms in total. The van der Waals surface area contributed by atoms with E-state index < -0.39 is 6.43 Å². The van der Waals surface area contributed by atoms with Gasteiger partial charge in [0.25, 0.3) is 6.43 Å². The molecule has 0 aliphatic carbocycles. The second-order valence-electron chi connectivity index (χ2n) is 3.65. The Balaban J connectivity index is 2.96. The van der Waals surface area contributed by atoms with Gasteiger partial charge >= 0.3 is 0 Å². The minimum atomic E-state index is -2.61. The Labute approximate surface area is 98.6 Å². The molecule has 17 heavy (non-hydrogen) atoms. The summed E-state index contributed by atoms with van der Waals surface area (Å²) in [5.41, 5.74) is 0.498. The van der Waals surface area contributed by atoms with E-state index in [1.165, 1.54) is 27.8 Å². The maximum absolute atomic E-state index is 12.6.